The number of hydrogen-bond acceptors (Lipinski definition) is 5. The standard InChI is InChI=1S/C16H27N3OS/c17-12-16(8-4-1-5-9-16)10-15-18-14(19-20-15)11-21-13-6-2-3-7-13/h13H,1-12,17H2. The van der Waals surface area contributed by atoms with E-state index in [1.54, 1.807) is 0 Å². The van der Waals surface area contributed by atoms with Gasteiger partial charge in [0.25, 0.3) is 0 Å². The van der Waals surface area contributed by atoms with Gasteiger partial charge in [-0.3, -0.25) is 0 Å². The van der Waals surface area contributed by atoms with Crippen molar-refractivity contribution in [2.45, 2.75) is 75.2 Å². The van der Waals surface area contributed by atoms with Crippen molar-refractivity contribution in [1.29, 1.82) is 0 Å². The highest BCUT2D eigenvalue weighted by Crippen LogP contribution is 2.38. The summed E-state index contributed by atoms with van der Waals surface area (Å²) < 4.78 is 5.48. The van der Waals surface area contributed by atoms with E-state index in [9.17, 15) is 0 Å². The molecule has 2 fully saturated rings. The number of rotatable bonds is 6. The molecule has 0 saturated heterocycles. The first kappa shape index (κ1) is 15.3. The van der Waals surface area contributed by atoms with Crippen molar-refractivity contribution in [2.75, 3.05) is 6.54 Å². The normalized spacial score (nSPS) is 22.7. The van der Waals surface area contributed by atoms with E-state index in [4.69, 9.17) is 10.3 Å². The maximum absolute atomic E-state index is 6.04. The average Bonchev–Trinajstić information content (AvgIpc) is 3.17. The maximum Gasteiger partial charge on any atom is 0.227 e. The Labute approximate surface area is 131 Å². The summed E-state index contributed by atoms with van der Waals surface area (Å²) in [6.45, 7) is 0.738. The summed E-state index contributed by atoms with van der Waals surface area (Å²) in [6.07, 6.45) is 12.7. The zero-order valence-electron chi connectivity index (χ0n) is 12.9. The van der Waals surface area contributed by atoms with E-state index in [1.807, 2.05) is 11.8 Å². The Morgan fingerprint density at radius 1 is 1.14 bits per heavy atom. The van der Waals surface area contributed by atoms with Gasteiger partial charge in [-0.25, -0.2) is 0 Å². The predicted octanol–water partition coefficient (Wildman–Crippen LogP) is 3.70. The largest absolute Gasteiger partial charge is 0.339 e. The maximum atomic E-state index is 6.04. The number of thioether (sulfide) groups is 1. The molecular weight excluding hydrogens is 282 g/mol. The van der Waals surface area contributed by atoms with Crippen LogP contribution in [0.3, 0.4) is 0 Å². The Kier molecular flexibility index (Phi) is 5.22. The van der Waals surface area contributed by atoms with Gasteiger partial charge in [-0.1, -0.05) is 37.3 Å². The Hall–Kier alpha value is -0.550. The fraction of sp³-hybridized carbons (Fsp3) is 0.875. The van der Waals surface area contributed by atoms with Crippen molar-refractivity contribution < 1.29 is 4.52 Å². The summed E-state index contributed by atoms with van der Waals surface area (Å²) in [6, 6.07) is 0. The lowest BCUT2D eigenvalue weighted by atomic mass is 9.72. The highest BCUT2D eigenvalue weighted by molar-refractivity contribution is 7.99. The highest BCUT2D eigenvalue weighted by Gasteiger charge is 2.33. The van der Waals surface area contributed by atoms with Crippen molar-refractivity contribution in [3.05, 3.63) is 11.7 Å². The first-order chi connectivity index (χ1) is 10.3. The molecule has 0 bridgehead atoms. The van der Waals surface area contributed by atoms with Gasteiger partial charge >= 0.3 is 0 Å². The van der Waals surface area contributed by atoms with E-state index in [0.717, 1.165) is 35.7 Å². The van der Waals surface area contributed by atoms with Gasteiger partial charge in [-0.2, -0.15) is 16.7 Å². The number of aromatic nitrogens is 2. The fourth-order valence-corrected chi connectivity index (χ4v) is 4.91. The zero-order valence-corrected chi connectivity index (χ0v) is 13.7. The Morgan fingerprint density at radius 2 is 1.90 bits per heavy atom. The number of nitrogens with zero attached hydrogens (tertiary/aromatic N) is 2. The van der Waals surface area contributed by atoms with Crippen LogP contribution in [-0.2, 0) is 12.2 Å². The molecule has 0 amide bonds. The molecule has 2 aliphatic carbocycles. The van der Waals surface area contributed by atoms with E-state index in [-0.39, 0.29) is 5.41 Å². The van der Waals surface area contributed by atoms with Crippen LogP contribution in [0.5, 0.6) is 0 Å². The van der Waals surface area contributed by atoms with Crippen LogP contribution in [0.15, 0.2) is 4.52 Å². The summed E-state index contributed by atoms with van der Waals surface area (Å²) in [5.74, 6) is 2.55. The van der Waals surface area contributed by atoms with Crippen LogP contribution in [-0.4, -0.2) is 21.9 Å². The van der Waals surface area contributed by atoms with Gasteiger partial charge in [-0.05, 0) is 37.6 Å². The molecule has 5 heteroatoms. The first-order valence-electron chi connectivity index (χ1n) is 8.43. The van der Waals surface area contributed by atoms with Crippen LogP contribution in [0.1, 0.15) is 69.5 Å². The molecule has 21 heavy (non-hydrogen) atoms. The highest BCUT2D eigenvalue weighted by atomic mass is 32.2. The molecule has 0 radical (unpaired) electrons. The first-order valence-corrected chi connectivity index (χ1v) is 9.48. The molecule has 0 unspecified atom stereocenters. The second-order valence-corrected chi connectivity index (χ2v) is 8.05. The quantitative estimate of drug-likeness (QED) is 0.868. The van der Waals surface area contributed by atoms with Crippen LogP contribution in [0.2, 0.25) is 0 Å². The summed E-state index contributed by atoms with van der Waals surface area (Å²) >= 11 is 1.99. The van der Waals surface area contributed by atoms with E-state index in [1.165, 1.54) is 57.8 Å². The smallest absolute Gasteiger partial charge is 0.227 e. The van der Waals surface area contributed by atoms with Gasteiger partial charge in [0.2, 0.25) is 5.89 Å². The molecule has 1 aromatic rings. The van der Waals surface area contributed by atoms with Crippen molar-refractivity contribution >= 4 is 11.8 Å². The second-order valence-electron chi connectivity index (χ2n) is 6.76. The van der Waals surface area contributed by atoms with Crippen molar-refractivity contribution in [2.24, 2.45) is 11.1 Å². The van der Waals surface area contributed by atoms with Crippen molar-refractivity contribution in [3.63, 3.8) is 0 Å². The number of hydrogen-bond donors (Lipinski definition) is 1. The van der Waals surface area contributed by atoms with Gasteiger partial charge in [0, 0.05) is 11.7 Å². The van der Waals surface area contributed by atoms with E-state index in [2.05, 4.69) is 10.1 Å². The minimum atomic E-state index is 0.209. The summed E-state index contributed by atoms with van der Waals surface area (Å²) in [5.41, 5.74) is 6.25. The van der Waals surface area contributed by atoms with Gasteiger partial charge in [0.1, 0.15) is 0 Å². The molecule has 2 aliphatic rings. The molecule has 2 saturated carbocycles. The zero-order chi connectivity index (χ0) is 14.5. The van der Waals surface area contributed by atoms with Crippen LogP contribution in [0.4, 0.5) is 0 Å². The molecule has 0 aliphatic heterocycles. The van der Waals surface area contributed by atoms with Crippen LogP contribution >= 0.6 is 11.8 Å². The predicted molar refractivity (Wildman–Crippen MR) is 86.1 cm³/mol. The molecular formula is C16H27N3OS. The molecule has 2 N–H and O–H groups in total. The summed E-state index contributed by atoms with van der Waals surface area (Å²) in [4.78, 5) is 4.60. The molecule has 0 spiro atoms. The monoisotopic (exact) mass is 309 g/mol. The molecule has 4 nitrogen and oxygen atoms in total. The minimum Gasteiger partial charge on any atom is -0.339 e. The lowest BCUT2D eigenvalue weighted by molar-refractivity contribution is 0.177. The van der Waals surface area contributed by atoms with Crippen molar-refractivity contribution in [1.82, 2.24) is 10.1 Å². The van der Waals surface area contributed by atoms with Crippen molar-refractivity contribution in [3.8, 4) is 0 Å². The van der Waals surface area contributed by atoms with Gasteiger partial charge < -0.3 is 10.3 Å². The molecule has 0 aromatic carbocycles. The Balaban J connectivity index is 1.53. The SMILES string of the molecule is NCC1(Cc2nc(CSC3CCCC3)no2)CCCCC1. The number of nitrogens with two attached hydrogens (primary N) is 1. The van der Waals surface area contributed by atoms with E-state index >= 15 is 0 Å². The van der Waals surface area contributed by atoms with Crippen LogP contribution in [0.25, 0.3) is 0 Å². The van der Waals surface area contributed by atoms with Gasteiger partial charge in [0.15, 0.2) is 5.82 Å². The fourth-order valence-electron chi connectivity index (χ4n) is 3.74. The third-order valence-electron chi connectivity index (χ3n) is 5.13. The van der Waals surface area contributed by atoms with E-state index < -0.39 is 0 Å². The summed E-state index contributed by atoms with van der Waals surface area (Å²) in [5, 5.41) is 4.97. The average molecular weight is 309 g/mol. The molecule has 3 rings (SSSR count). The van der Waals surface area contributed by atoms with Crippen LogP contribution in [0, 0.1) is 5.41 Å². The summed E-state index contributed by atoms with van der Waals surface area (Å²) in [7, 11) is 0. The Bertz CT molecular complexity index is 436. The molecule has 1 aromatic heterocycles. The molecule has 118 valence electrons. The third-order valence-corrected chi connectivity index (χ3v) is 6.50. The van der Waals surface area contributed by atoms with Gasteiger partial charge in [-0.15, -0.1) is 0 Å². The van der Waals surface area contributed by atoms with E-state index in [0.29, 0.717) is 0 Å². The third kappa shape index (κ3) is 4.01. The molecule has 0 atom stereocenters. The molecule has 1 heterocycles. The Morgan fingerprint density at radius 3 is 2.62 bits per heavy atom. The minimum absolute atomic E-state index is 0.209. The topological polar surface area (TPSA) is 64.9 Å². The lowest BCUT2D eigenvalue weighted by Crippen LogP contribution is -2.35. The van der Waals surface area contributed by atoms with Gasteiger partial charge in [0.05, 0.1) is 5.75 Å². The van der Waals surface area contributed by atoms with Crippen LogP contribution < -0.4 is 5.73 Å². The lowest BCUT2D eigenvalue weighted by Gasteiger charge is -2.34. The second kappa shape index (κ2) is 7.14.